The average molecular weight is 224 g/mol. The summed E-state index contributed by atoms with van der Waals surface area (Å²) in [6.45, 7) is 13.3. The SMILES string of the molecule is C=C/C(=C\C=C(C)C)OC1CCOC1.CC. The Hall–Kier alpha value is -1.02. The Morgan fingerprint density at radius 2 is 2.00 bits per heavy atom. The van der Waals surface area contributed by atoms with E-state index in [1.54, 1.807) is 6.08 Å². The minimum absolute atomic E-state index is 0.199. The van der Waals surface area contributed by atoms with E-state index in [1.807, 2.05) is 26.0 Å². The van der Waals surface area contributed by atoms with Gasteiger partial charge in [-0.1, -0.05) is 32.1 Å². The number of ether oxygens (including phenoxy) is 2. The van der Waals surface area contributed by atoms with E-state index in [9.17, 15) is 0 Å². The van der Waals surface area contributed by atoms with E-state index in [1.165, 1.54) is 5.57 Å². The molecule has 0 aromatic heterocycles. The first kappa shape index (κ1) is 15.0. The maximum atomic E-state index is 5.68. The lowest BCUT2D eigenvalue weighted by Gasteiger charge is -2.11. The fourth-order valence-electron chi connectivity index (χ4n) is 1.20. The zero-order valence-electron chi connectivity index (χ0n) is 11.0. The van der Waals surface area contributed by atoms with E-state index in [-0.39, 0.29) is 6.10 Å². The third-order valence-corrected chi connectivity index (χ3v) is 1.97. The van der Waals surface area contributed by atoms with Crippen LogP contribution in [0.15, 0.2) is 36.1 Å². The van der Waals surface area contributed by atoms with Crippen molar-refractivity contribution < 1.29 is 9.47 Å². The van der Waals surface area contributed by atoms with E-state index >= 15 is 0 Å². The Balaban J connectivity index is 0.00000106. The Labute approximate surface area is 99.6 Å². The molecular formula is C14H24O2. The van der Waals surface area contributed by atoms with Crippen molar-refractivity contribution >= 4 is 0 Å². The smallest absolute Gasteiger partial charge is 0.124 e. The Morgan fingerprint density at radius 1 is 1.31 bits per heavy atom. The lowest BCUT2D eigenvalue weighted by atomic mass is 10.3. The molecule has 1 aliphatic rings. The highest BCUT2D eigenvalue weighted by Gasteiger charge is 2.16. The molecule has 1 unspecified atom stereocenters. The van der Waals surface area contributed by atoms with Crippen LogP contribution < -0.4 is 0 Å². The third kappa shape index (κ3) is 6.46. The highest BCUT2D eigenvalue weighted by molar-refractivity contribution is 5.19. The number of hydrogen-bond donors (Lipinski definition) is 0. The molecule has 1 fully saturated rings. The molecule has 2 nitrogen and oxygen atoms in total. The van der Waals surface area contributed by atoms with E-state index in [2.05, 4.69) is 20.4 Å². The van der Waals surface area contributed by atoms with Gasteiger partial charge in [0.2, 0.25) is 0 Å². The van der Waals surface area contributed by atoms with Gasteiger partial charge >= 0.3 is 0 Å². The van der Waals surface area contributed by atoms with Crippen LogP contribution in [0.4, 0.5) is 0 Å². The summed E-state index contributed by atoms with van der Waals surface area (Å²) in [6.07, 6.45) is 6.87. The van der Waals surface area contributed by atoms with Crippen LogP contribution in [-0.2, 0) is 9.47 Å². The van der Waals surface area contributed by atoms with Crippen LogP contribution in [-0.4, -0.2) is 19.3 Å². The second-order valence-corrected chi connectivity index (χ2v) is 3.62. The van der Waals surface area contributed by atoms with Gasteiger partial charge in [-0.15, -0.1) is 0 Å². The van der Waals surface area contributed by atoms with Crippen LogP contribution in [0.1, 0.15) is 34.1 Å². The normalized spacial score (nSPS) is 19.5. The minimum atomic E-state index is 0.199. The van der Waals surface area contributed by atoms with Crippen LogP contribution in [0.5, 0.6) is 0 Å². The molecular weight excluding hydrogens is 200 g/mol. The number of hydrogen-bond acceptors (Lipinski definition) is 2. The maximum absolute atomic E-state index is 5.68. The van der Waals surface area contributed by atoms with Crippen molar-refractivity contribution in [2.24, 2.45) is 0 Å². The van der Waals surface area contributed by atoms with Gasteiger partial charge in [0.05, 0.1) is 13.2 Å². The van der Waals surface area contributed by atoms with Crippen molar-refractivity contribution in [3.63, 3.8) is 0 Å². The molecule has 0 spiro atoms. The molecule has 1 saturated heterocycles. The van der Waals surface area contributed by atoms with E-state index in [4.69, 9.17) is 9.47 Å². The molecule has 0 bridgehead atoms. The zero-order valence-corrected chi connectivity index (χ0v) is 11.0. The Bertz CT molecular complexity index is 241. The molecule has 0 amide bonds. The molecule has 0 aliphatic carbocycles. The summed E-state index contributed by atoms with van der Waals surface area (Å²) in [5, 5.41) is 0. The largest absolute Gasteiger partial charge is 0.488 e. The quantitative estimate of drug-likeness (QED) is 0.533. The molecule has 1 rings (SSSR count). The lowest BCUT2D eigenvalue weighted by Crippen LogP contribution is -2.10. The van der Waals surface area contributed by atoms with Crippen LogP contribution >= 0.6 is 0 Å². The van der Waals surface area contributed by atoms with Crippen LogP contribution in [0.3, 0.4) is 0 Å². The summed E-state index contributed by atoms with van der Waals surface area (Å²) in [6, 6.07) is 0. The van der Waals surface area contributed by atoms with Crippen LogP contribution in [0.2, 0.25) is 0 Å². The Kier molecular flexibility index (Phi) is 8.64. The molecule has 1 heterocycles. The summed E-state index contributed by atoms with van der Waals surface area (Å²) in [5.41, 5.74) is 1.25. The first-order valence-corrected chi connectivity index (χ1v) is 5.94. The summed E-state index contributed by atoms with van der Waals surface area (Å²) < 4.78 is 10.9. The molecule has 0 N–H and O–H groups in total. The zero-order chi connectivity index (χ0) is 12.4. The second-order valence-electron chi connectivity index (χ2n) is 3.62. The summed E-state index contributed by atoms with van der Waals surface area (Å²) in [4.78, 5) is 0. The monoisotopic (exact) mass is 224 g/mol. The van der Waals surface area contributed by atoms with Crippen molar-refractivity contribution in [3.05, 3.63) is 36.1 Å². The molecule has 1 atom stereocenters. The van der Waals surface area contributed by atoms with Crippen LogP contribution in [0, 0.1) is 0 Å². The van der Waals surface area contributed by atoms with E-state index < -0.39 is 0 Å². The van der Waals surface area contributed by atoms with Gasteiger partial charge in [0.15, 0.2) is 0 Å². The van der Waals surface area contributed by atoms with Gasteiger partial charge in [0.1, 0.15) is 11.9 Å². The maximum Gasteiger partial charge on any atom is 0.124 e. The lowest BCUT2D eigenvalue weighted by molar-refractivity contribution is 0.0982. The van der Waals surface area contributed by atoms with Crippen molar-refractivity contribution in [2.75, 3.05) is 13.2 Å². The predicted octanol–water partition coefficient (Wildman–Crippen LogP) is 3.85. The van der Waals surface area contributed by atoms with Gasteiger partial charge in [-0.2, -0.15) is 0 Å². The summed E-state index contributed by atoms with van der Waals surface area (Å²) >= 11 is 0. The van der Waals surface area contributed by atoms with Gasteiger partial charge < -0.3 is 9.47 Å². The molecule has 16 heavy (non-hydrogen) atoms. The van der Waals surface area contributed by atoms with Gasteiger partial charge in [-0.05, 0) is 26.0 Å². The summed E-state index contributed by atoms with van der Waals surface area (Å²) in [7, 11) is 0. The Morgan fingerprint density at radius 3 is 2.44 bits per heavy atom. The fraction of sp³-hybridized carbons (Fsp3) is 0.571. The first-order chi connectivity index (χ1) is 7.72. The number of allylic oxidation sites excluding steroid dienone is 4. The third-order valence-electron chi connectivity index (χ3n) is 1.97. The molecule has 0 aromatic carbocycles. The van der Waals surface area contributed by atoms with Gasteiger partial charge in [0.25, 0.3) is 0 Å². The van der Waals surface area contributed by atoms with E-state index in [0.717, 1.165) is 18.8 Å². The predicted molar refractivity (Wildman–Crippen MR) is 69.4 cm³/mol. The molecule has 1 aliphatic heterocycles. The van der Waals surface area contributed by atoms with Crippen molar-refractivity contribution in [2.45, 2.75) is 40.2 Å². The average Bonchev–Trinajstić information content (AvgIpc) is 2.79. The second kappa shape index (κ2) is 9.22. The summed E-state index contributed by atoms with van der Waals surface area (Å²) in [5.74, 6) is 0.821. The van der Waals surface area contributed by atoms with Crippen LogP contribution in [0.25, 0.3) is 0 Å². The minimum Gasteiger partial charge on any atom is -0.488 e. The topological polar surface area (TPSA) is 18.5 Å². The highest BCUT2D eigenvalue weighted by atomic mass is 16.5. The van der Waals surface area contributed by atoms with Crippen molar-refractivity contribution in [1.82, 2.24) is 0 Å². The van der Waals surface area contributed by atoms with Crippen molar-refractivity contribution in [1.29, 1.82) is 0 Å². The standard InChI is InChI=1S/C12H18O2.C2H6/c1-4-11(6-5-10(2)3)14-12-7-8-13-9-12;1-2/h4-6,12H,1,7-9H2,2-3H3;1-2H3/b11-6+;. The molecule has 0 aromatic rings. The first-order valence-electron chi connectivity index (χ1n) is 5.94. The fourth-order valence-corrected chi connectivity index (χ4v) is 1.20. The highest BCUT2D eigenvalue weighted by Crippen LogP contribution is 2.13. The van der Waals surface area contributed by atoms with Gasteiger partial charge in [-0.3, -0.25) is 0 Å². The molecule has 0 radical (unpaired) electrons. The number of rotatable bonds is 4. The van der Waals surface area contributed by atoms with Gasteiger partial charge in [0, 0.05) is 6.42 Å². The van der Waals surface area contributed by atoms with E-state index in [0.29, 0.717) is 6.61 Å². The molecule has 2 heteroatoms. The molecule has 92 valence electrons. The van der Waals surface area contributed by atoms with Gasteiger partial charge in [-0.25, -0.2) is 0 Å². The van der Waals surface area contributed by atoms with Crippen molar-refractivity contribution in [3.8, 4) is 0 Å². The molecule has 0 saturated carbocycles.